The molecular weight excluding hydrogens is 300 g/mol. The molecule has 0 amide bonds. The van der Waals surface area contributed by atoms with Crippen molar-refractivity contribution in [1.29, 1.82) is 0 Å². The van der Waals surface area contributed by atoms with E-state index in [1.165, 1.54) is 11.1 Å². The highest BCUT2D eigenvalue weighted by molar-refractivity contribution is 5.73. The summed E-state index contributed by atoms with van der Waals surface area (Å²) in [6.45, 7) is 8.52. The van der Waals surface area contributed by atoms with Gasteiger partial charge in [0.25, 0.3) is 0 Å². The molecule has 0 saturated carbocycles. The predicted octanol–water partition coefficient (Wildman–Crippen LogP) is 4.62. The normalized spacial score (nSPS) is 12.7. The van der Waals surface area contributed by atoms with Crippen LogP contribution >= 0.6 is 0 Å². The molecule has 3 nitrogen and oxygen atoms in total. The van der Waals surface area contributed by atoms with Crippen LogP contribution in [0.3, 0.4) is 0 Å². The van der Waals surface area contributed by atoms with Crippen molar-refractivity contribution in [2.75, 3.05) is 0 Å². The van der Waals surface area contributed by atoms with Crippen LogP contribution in [-0.2, 0) is 23.1 Å². The minimum absolute atomic E-state index is 0.0613. The Morgan fingerprint density at radius 1 is 1.00 bits per heavy atom. The Labute approximate surface area is 144 Å². The molecule has 0 bridgehead atoms. The SMILES string of the molecule is CCc1ccc(C[C@H](Oc2ccc(C(C)(C)C)cc2)C(=O)O)cc1. The molecule has 0 radical (unpaired) electrons. The number of carboxylic acid groups (broad SMARTS) is 1. The Morgan fingerprint density at radius 3 is 2.00 bits per heavy atom. The molecule has 0 heterocycles. The molecule has 3 heteroatoms. The average molecular weight is 326 g/mol. The van der Waals surface area contributed by atoms with Gasteiger partial charge in [-0.2, -0.15) is 0 Å². The quantitative estimate of drug-likeness (QED) is 0.842. The lowest BCUT2D eigenvalue weighted by Gasteiger charge is -2.20. The van der Waals surface area contributed by atoms with E-state index in [0.29, 0.717) is 12.2 Å². The first-order chi connectivity index (χ1) is 11.3. The van der Waals surface area contributed by atoms with Gasteiger partial charge in [-0.05, 0) is 40.7 Å². The van der Waals surface area contributed by atoms with E-state index >= 15 is 0 Å². The third-order valence-electron chi connectivity index (χ3n) is 4.13. The van der Waals surface area contributed by atoms with Gasteiger partial charge in [0.15, 0.2) is 6.10 Å². The van der Waals surface area contributed by atoms with Crippen molar-refractivity contribution < 1.29 is 14.6 Å². The second kappa shape index (κ2) is 7.52. The van der Waals surface area contributed by atoms with E-state index in [4.69, 9.17) is 4.74 Å². The molecular formula is C21H26O3. The fraction of sp³-hybridized carbons (Fsp3) is 0.381. The van der Waals surface area contributed by atoms with Crippen LogP contribution in [0.2, 0.25) is 0 Å². The lowest BCUT2D eigenvalue weighted by Crippen LogP contribution is -2.29. The number of hydrogen-bond donors (Lipinski definition) is 1. The highest BCUT2D eigenvalue weighted by atomic mass is 16.5. The molecule has 2 aromatic rings. The van der Waals surface area contributed by atoms with Crippen molar-refractivity contribution >= 4 is 5.97 Å². The molecule has 0 spiro atoms. The summed E-state index contributed by atoms with van der Waals surface area (Å²) in [6, 6.07) is 15.7. The molecule has 0 aromatic heterocycles. The van der Waals surface area contributed by atoms with Gasteiger partial charge in [-0.3, -0.25) is 0 Å². The maximum absolute atomic E-state index is 11.5. The van der Waals surface area contributed by atoms with Gasteiger partial charge in [0.1, 0.15) is 5.75 Å². The molecule has 128 valence electrons. The van der Waals surface area contributed by atoms with Crippen molar-refractivity contribution in [3.8, 4) is 5.75 Å². The summed E-state index contributed by atoms with van der Waals surface area (Å²) in [5.41, 5.74) is 3.46. The number of rotatable bonds is 6. The number of benzene rings is 2. The summed E-state index contributed by atoms with van der Waals surface area (Å²) in [5.74, 6) is -0.366. The van der Waals surface area contributed by atoms with Gasteiger partial charge < -0.3 is 9.84 Å². The first kappa shape index (κ1) is 18.1. The number of carboxylic acids is 1. The highest BCUT2D eigenvalue weighted by Gasteiger charge is 2.20. The maximum atomic E-state index is 11.5. The summed E-state index contributed by atoms with van der Waals surface area (Å²) < 4.78 is 5.70. The van der Waals surface area contributed by atoms with E-state index in [-0.39, 0.29) is 5.41 Å². The number of ether oxygens (including phenoxy) is 1. The molecule has 0 aliphatic heterocycles. The number of carbonyl (C=O) groups is 1. The van der Waals surface area contributed by atoms with Crippen molar-refractivity contribution in [3.05, 3.63) is 65.2 Å². The maximum Gasteiger partial charge on any atom is 0.345 e. The first-order valence-corrected chi connectivity index (χ1v) is 8.37. The summed E-state index contributed by atoms with van der Waals surface area (Å²) in [6.07, 6.45) is 0.428. The van der Waals surface area contributed by atoms with Gasteiger partial charge in [-0.15, -0.1) is 0 Å². The smallest absolute Gasteiger partial charge is 0.345 e. The van der Waals surface area contributed by atoms with Crippen molar-refractivity contribution in [1.82, 2.24) is 0 Å². The third-order valence-corrected chi connectivity index (χ3v) is 4.13. The van der Waals surface area contributed by atoms with Crippen LogP contribution in [0.15, 0.2) is 48.5 Å². The summed E-state index contributed by atoms with van der Waals surface area (Å²) in [7, 11) is 0. The van der Waals surface area contributed by atoms with E-state index in [1.807, 2.05) is 48.5 Å². The summed E-state index contributed by atoms with van der Waals surface area (Å²) in [4.78, 5) is 11.5. The van der Waals surface area contributed by atoms with Gasteiger partial charge in [-0.25, -0.2) is 4.79 Å². The molecule has 0 saturated heterocycles. The summed E-state index contributed by atoms with van der Waals surface area (Å²) >= 11 is 0. The Balaban J connectivity index is 2.09. The largest absolute Gasteiger partial charge is 0.478 e. The van der Waals surface area contributed by atoms with Crippen LogP contribution in [-0.4, -0.2) is 17.2 Å². The molecule has 0 fully saturated rings. The van der Waals surface area contributed by atoms with E-state index in [9.17, 15) is 9.90 Å². The van der Waals surface area contributed by atoms with Gasteiger partial charge in [0.05, 0.1) is 0 Å². The standard InChI is InChI=1S/C21H26O3/c1-5-15-6-8-16(9-7-15)14-19(20(22)23)24-18-12-10-17(11-13-18)21(2,3)4/h6-13,19H,5,14H2,1-4H3,(H,22,23)/t19-/m0/s1. The Morgan fingerprint density at radius 2 is 1.54 bits per heavy atom. The van der Waals surface area contributed by atoms with Crippen LogP contribution in [0.5, 0.6) is 5.75 Å². The number of hydrogen-bond acceptors (Lipinski definition) is 2. The molecule has 0 aliphatic carbocycles. The minimum Gasteiger partial charge on any atom is -0.478 e. The zero-order valence-electron chi connectivity index (χ0n) is 14.9. The fourth-order valence-electron chi connectivity index (χ4n) is 2.50. The Bertz CT molecular complexity index is 664. The Kier molecular flexibility index (Phi) is 5.66. The van der Waals surface area contributed by atoms with Crippen molar-refractivity contribution in [2.24, 2.45) is 0 Å². The summed E-state index contributed by atoms with van der Waals surface area (Å²) in [5, 5.41) is 9.46. The molecule has 1 atom stereocenters. The highest BCUT2D eigenvalue weighted by Crippen LogP contribution is 2.25. The number of aliphatic carboxylic acids is 1. The molecule has 2 aromatic carbocycles. The van der Waals surface area contributed by atoms with Crippen molar-refractivity contribution in [2.45, 2.75) is 52.1 Å². The molecule has 2 rings (SSSR count). The van der Waals surface area contributed by atoms with E-state index in [2.05, 4.69) is 27.7 Å². The van der Waals surface area contributed by atoms with Gasteiger partial charge in [-0.1, -0.05) is 64.1 Å². The number of aryl methyl sites for hydroxylation is 1. The molecule has 1 N–H and O–H groups in total. The molecule has 0 aliphatic rings. The van der Waals surface area contributed by atoms with Crippen LogP contribution in [0.1, 0.15) is 44.4 Å². The van der Waals surface area contributed by atoms with E-state index in [1.54, 1.807) is 0 Å². The zero-order valence-corrected chi connectivity index (χ0v) is 14.9. The topological polar surface area (TPSA) is 46.5 Å². The predicted molar refractivity (Wildman–Crippen MR) is 96.7 cm³/mol. The lowest BCUT2D eigenvalue weighted by atomic mass is 9.87. The third kappa shape index (κ3) is 4.85. The van der Waals surface area contributed by atoms with E-state index in [0.717, 1.165) is 12.0 Å². The Hall–Kier alpha value is -2.29. The van der Waals surface area contributed by atoms with Crippen LogP contribution in [0.25, 0.3) is 0 Å². The molecule has 0 unspecified atom stereocenters. The monoisotopic (exact) mass is 326 g/mol. The van der Waals surface area contributed by atoms with Crippen LogP contribution in [0, 0.1) is 0 Å². The average Bonchev–Trinajstić information content (AvgIpc) is 2.54. The second-order valence-electron chi connectivity index (χ2n) is 7.09. The van der Waals surface area contributed by atoms with Crippen LogP contribution in [0.4, 0.5) is 0 Å². The van der Waals surface area contributed by atoms with Gasteiger partial charge >= 0.3 is 5.97 Å². The zero-order chi connectivity index (χ0) is 17.7. The van der Waals surface area contributed by atoms with E-state index < -0.39 is 12.1 Å². The lowest BCUT2D eigenvalue weighted by molar-refractivity contribution is -0.145. The van der Waals surface area contributed by atoms with Crippen LogP contribution < -0.4 is 4.74 Å². The second-order valence-corrected chi connectivity index (χ2v) is 7.09. The van der Waals surface area contributed by atoms with Gasteiger partial charge in [0, 0.05) is 6.42 Å². The van der Waals surface area contributed by atoms with Crippen molar-refractivity contribution in [3.63, 3.8) is 0 Å². The molecule has 24 heavy (non-hydrogen) atoms. The minimum atomic E-state index is -0.950. The first-order valence-electron chi connectivity index (χ1n) is 8.37. The van der Waals surface area contributed by atoms with Gasteiger partial charge in [0.2, 0.25) is 0 Å². The fourth-order valence-corrected chi connectivity index (χ4v) is 2.50.